The van der Waals surface area contributed by atoms with Gasteiger partial charge in [0.05, 0.1) is 12.0 Å². The Bertz CT molecular complexity index is 1260. The molecule has 0 fully saturated rings. The lowest BCUT2D eigenvalue weighted by Crippen LogP contribution is -1.90. The Balaban J connectivity index is 1.74. The first-order chi connectivity index (χ1) is 13.8. The fourth-order valence-corrected chi connectivity index (χ4v) is 3.67. The van der Waals surface area contributed by atoms with Gasteiger partial charge in [0.15, 0.2) is 5.76 Å². The second kappa shape index (κ2) is 7.10. The number of halogens is 1. The Morgan fingerprint density at radius 3 is 2.18 bits per heavy atom. The number of furan rings is 1. The lowest BCUT2D eigenvalue weighted by molar-refractivity contribution is 0.585. The van der Waals surface area contributed by atoms with Crippen LogP contribution in [0.15, 0.2) is 106 Å². The number of aromatic nitrogens is 1. The minimum atomic E-state index is 0.798. The molecule has 0 saturated carbocycles. The Morgan fingerprint density at radius 2 is 1.36 bits per heavy atom. The van der Waals surface area contributed by atoms with Gasteiger partial charge in [-0.15, -0.1) is 0 Å². The average molecular weight is 426 g/mol. The standard InChI is InChI=1S/C25H16BrNO/c26-21-12-10-18(11-13-21)23-14-20(17-6-2-1-3-7-17)15-24(27-23)25-22-9-5-4-8-19(22)16-28-25/h1-16H. The van der Waals surface area contributed by atoms with Crippen molar-refractivity contribution in [2.24, 2.45) is 0 Å². The number of rotatable bonds is 3. The summed E-state index contributed by atoms with van der Waals surface area (Å²) in [5.41, 5.74) is 5.09. The van der Waals surface area contributed by atoms with E-state index in [4.69, 9.17) is 9.40 Å². The van der Waals surface area contributed by atoms with Gasteiger partial charge in [-0.25, -0.2) is 4.98 Å². The predicted octanol–water partition coefficient (Wildman–Crippen LogP) is 7.59. The molecule has 0 N–H and O–H groups in total. The molecule has 0 aliphatic rings. The fraction of sp³-hybridized carbons (Fsp3) is 0. The molecule has 5 rings (SSSR count). The zero-order valence-electron chi connectivity index (χ0n) is 15.0. The molecule has 2 nitrogen and oxygen atoms in total. The van der Waals surface area contributed by atoms with Crippen molar-refractivity contribution < 1.29 is 4.42 Å². The molecule has 0 saturated heterocycles. The molecule has 0 bridgehead atoms. The zero-order valence-corrected chi connectivity index (χ0v) is 16.6. The Labute approximate surface area is 171 Å². The van der Waals surface area contributed by atoms with E-state index >= 15 is 0 Å². The van der Waals surface area contributed by atoms with Gasteiger partial charge in [0.25, 0.3) is 0 Å². The van der Waals surface area contributed by atoms with Crippen molar-refractivity contribution in [1.29, 1.82) is 0 Å². The summed E-state index contributed by atoms with van der Waals surface area (Å²) >= 11 is 3.51. The number of pyridine rings is 1. The normalized spacial score (nSPS) is 11.0. The lowest BCUT2D eigenvalue weighted by atomic mass is 10.0. The van der Waals surface area contributed by atoms with Crippen LogP contribution in [-0.2, 0) is 0 Å². The van der Waals surface area contributed by atoms with Gasteiger partial charge in [0, 0.05) is 20.8 Å². The summed E-state index contributed by atoms with van der Waals surface area (Å²) in [4.78, 5) is 4.94. The van der Waals surface area contributed by atoms with E-state index < -0.39 is 0 Å². The van der Waals surface area contributed by atoms with Gasteiger partial charge < -0.3 is 4.42 Å². The van der Waals surface area contributed by atoms with Crippen LogP contribution in [-0.4, -0.2) is 4.98 Å². The van der Waals surface area contributed by atoms with Gasteiger partial charge in [0.2, 0.25) is 0 Å². The van der Waals surface area contributed by atoms with Gasteiger partial charge >= 0.3 is 0 Å². The number of hydrogen-bond acceptors (Lipinski definition) is 2. The van der Waals surface area contributed by atoms with Crippen molar-refractivity contribution in [1.82, 2.24) is 4.98 Å². The third-order valence-electron chi connectivity index (χ3n) is 4.81. The lowest BCUT2D eigenvalue weighted by Gasteiger charge is -2.09. The molecule has 28 heavy (non-hydrogen) atoms. The molecule has 134 valence electrons. The first-order valence-corrected chi connectivity index (χ1v) is 9.87. The van der Waals surface area contributed by atoms with E-state index in [1.54, 1.807) is 6.26 Å². The number of nitrogens with zero attached hydrogens (tertiary/aromatic N) is 1. The highest BCUT2D eigenvalue weighted by molar-refractivity contribution is 9.10. The van der Waals surface area contributed by atoms with Crippen LogP contribution in [0.2, 0.25) is 0 Å². The van der Waals surface area contributed by atoms with Gasteiger partial charge in [-0.1, -0.05) is 82.7 Å². The molecule has 0 aliphatic heterocycles. The quantitative estimate of drug-likeness (QED) is 0.297. The summed E-state index contributed by atoms with van der Waals surface area (Å²) in [6.45, 7) is 0. The molecule has 0 atom stereocenters. The van der Waals surface area contributed by atoms with Crippen molar-refractivity contribution in [3.8, 4) is 33.8 Å². The maximum Gasteiger partial charge on any atom is 0.160 e. The van der Waals surface area contributed by atoms with Crippen LogP contribution in [0.4, 0.5) is 0 Å². The van der Waals surface area contributed by atoms with E-state index in [1.165, 1.54) is 0 Å². The van der Waals surface area contributed by atoms with E-state index in [1.807, 2.05) is 30.3 Å². The maximum atomic E-state index is 5.93. The number of hydrogen-bond donors (Lipinski definition) is 0. The Hall–Kier alpha value is -3.17. The Kier molecular flexibility index (Phi) is 4.30. The van der Waals surface area contributed by atoms with E-state index in [2.05, 4.69) is 76.6 Å². The van der Waals surface area contributed by atoms with Crippen LogP contribution in [0.3, 0.4) is 0 Å². The number of benzene rings is 3. The molecule has 0 amide bonds. The second-order valence-electron chi connectivity index (χ2n) is 6.65. The van der Waals surface area contributed by atoms with Crippen molar-refractivity contribution in [2.75, 3.05) is 0 Å². The molecule has 5 aromatic rings. The topological polar surface area (TPSA) is 26.0 Å². The smallest absolute Gasteiger partial charge is 0.160 e. The maximum absolute atomic E-state index is 5.93. The fourth-order valence-electron chi connectivity index (χ4n) is 3.40. The summed E-state index contributed by atoms with van der Waals surface area (Å²) in [6, 6.07) is 31.0. The minimum Gasteiger partial charge on any atom is -0.461 e. The van der Waals surface area contributed by atoms with Gasteiger partial charge in [-0.2, -0.15) is 0 Å². The highest BCUT2D eigenvalue weighted by Crippen LogP contribution is 2.34. The molecule has 2 aromatic heterocycles. The summed E-state index contributed by atoms with van der Waals surface area (Å²) < 4.78 is 6.98. The number of fused-ring (bicyclic) bond motifs is 1. The first-order valence-electron chi connectivity index (χ1n) is 9.08. The third kappa shape index (κ3) is 3.14. The van der Waals surface area contributed by atoms with Crippen molar-refractivity contribution in [2.45, 2.75) is 0 Å². The summed E-state index contributed by atoms with van der Waals surface area (Å²) in [5.74, 6) is 0.798. The van der Waals surface area contributed by atoms with Crippen LogP contribution < -0.4 is 0 Å². The van der Waals surface area contributed by atoms with Crippen LogP contribution in [0.5, 0.6) is 0 Å². The predicted molar refractivity (Wildman–Crippen MR) is 118 cm³/mol. The molecule has 0 radical (unpaired) electrons. The van der Waals surface area contributed by atoms with E-state index in [0.717, 1.165) is 49.1 Å². The van der Waals surface area contributed by atoms with Crippen molar-refractivity contribution in [3.63, 3.8) is 0 Å². The largest absolute Gasteiger partial charge is 0.461 e. The van der Waals surface area contributed by atoms with Crippen LogP contribution in [0.1, 0.15) is 0 Å². The van der Waals surface area contributed by atoms with Crippen molar-refractivity contribution >= 4 is 26.7 Å². The van der Waals surface area contributed by atoms with E-state index in [9.17, 15) is 0 Å². The zero-order chi connectivity index (χ0) is 18.9. The van der Waals surface area contributed by atoms with Gasteiger partial charge in [-0.3, -0.25) is 0 Å². The monoisotopic (exact) mass is 425 g/mol. The molecule has 3 heteroatoms. The highest BCUT2D eigenvalue weighted by atomic mass is 79.9. The molecular weight excluding hydrogens is 410 g/mol. The first kappa shape index (κ1) is 17.0. The van der Waals surface area contributed by atoms with Gasteiger partial charge in [-0.05, 0) is 35.4 Å². The van der Waals surface area contributed by atoms with Crippen LogP contribution in [0.25, 0.3) is 44.6 Å². The van der Waals surface area contributed by atoms with Gasteiger partial charge in [0.1, 0.15) is 5.69 Å². The SMILES string of the molecule is Brc1ccc(-c2cc(-c3ccccc3)cc(-c3occ4ccccc34)n2)cc1. The molecule has 0 unspecified atom stereocenters. The third-order valence-corrected chi connectivity index (χ3v) is 5.34. The molecule has 3 aromatic carbocycles. The molecule has 2 heterocycles. The van der Waals surface area contributed by atoms with Crippen molar-refractivity contribution in [3.05, 3.63) is 102 Å². The van der Waals surface area contributed by atoms with Crippen LogP contribution >= 0.6 is 15.9 Å². The van der Waals surface area contributed by atoms with E-state index in [0.29, 0.717) is 0 Å². The Morgan fingerprint density at radius 1 is 0.643 bits per heavy atom. The highest BCUT2D eigenvalue weighted by Gasteiger charge is 2.14. The van der Waals surface area contributed by atoms with Crippen LogP contribution in [0, 0.1) is 0 Å². The second-order valence-corrected chi connectivity index (χ2v) is 7.57. The summed E-state index contributed by atoms with van der Waals surface area (Å²) in [6.07, 6.45) is 1.79. The summed E-state index contributed by atoms with van der Waals surface area (Å²) in [5, 5.41) is 2.15. The average Bonchev–Trinajstić information content (AvgIpc) is 3.19. The molecule has 0 aliphatic carbocycles. The molecular formula is C25H16BrNO. The minimum absolute atomic E-state index is 0.798. The van der Waals surface area contributed by atoms with E-state index in [-0.39, 0.29) is 0 Å². The molecule has 0 spiro atoms. The summed E-state index contributed by atoms with van der Waals surface area (Å²) in [7, 11) is 0.